The van der Waals surface area contributed by atoms with Crippen LogP contribution in [0, 0.1) is 0 Å². The lowest BCUT2D eigenvalue weighted by atomic mass is 10.2. The number of thioether (sulfide) groups is 1. The van der Waals surface area contributed by atoms with Crippen molar-refractivity contribution < 1.29 is 27.5 Å². The summed E-state index contributed by atoms with van der Waals surface area (Å²) in [5.74, 6) is 0.143. The Morgan fingerprint density at radius 3 is 2.57 bits per heavy atom. The summed E-state index contributed by atoms with van der Waals surface area (Å²) in [7, 11) is -2.05. The third-order valence-corrected chi connectivity index (χ3v) is 7.95. The molecule has 35 heavy (non-hydrogen) atoms. The van der Waals surface area contributed by atoms with Crippen LogP contribution in [0.5, 0.6) is 5.88 Å². The highest BCUT2D eigenvalue weighted by Crippen LogP contribution is 2.46. The number of rotatable bonds is 5. The van der Waals surface area contributed by atoms with E-state index in [1.807, 2.05) is 4.90 Å². The molecule has 1 fully saturated rings. The van der Waals surface area contributed by atoms with Crippen molar-refractivity contribution in [2.24, 2.45) is 5.73 Å². The summed E-state index contributed by atoms with van der Waals surface area (Å²) >= 11 is 7.03. The normalized spacial score (nSPS) is 18.3. The molecule has 0 radical (unpaired) electrons. The molecule has 1 aromatic carbocycles. The summed E-state index contributed by atoms with van der Waals surface area (Å²) in [6.07, 6.45) is 1.81. The van der Waals surface area contributed by atoms with E-state index in [4.69, 9.17) is 26.8 Å². The smallest absolute Gasteiger partial charge is 0.412 e. The van der Waals surface area contributed by atoms with Gasteiger partial charge >= 0.3 is 12.1 Å². The van der Waals surface area contributed by atoms with Gasteiger partial charge in [-0.3, -0.25) is 4.90 Å². The average Bonchev–Trinajstić information content (AvgIpc) is 3.18. The number of hydrogen-bond donors (Lipinski definition) is 1. The molecule has 0 bridgehead atoms. The second kappa shape index (κ2) is 10.0. The average molecular weight is 543 g/mol. The van der Waals surface area contributed by atoms with E-state index in [-0.39, 0.29) is 16.5 Å². The van der Waals surface area contributed by atoms with Crippen molar-refractivity contribution in [2.75, 3.05) is 44.4 Å². The maximum absolute atomic E-state index is 12.8. The van der Waals surface area contributed by atoms with Crippen LogP contribution in [-0.4, -0.2) is 85.4 Å². The molecule has 2 aliphatic heterocycles. The summed E-state index contributed by atoms with van der Waals surface area (Å²) in [5.41, 5.74) is 5.36. The first-order valence-corrected chi connectivity index (χ1v) is 13.5. The number of aromatic nitrogens is 2. The van der Waals surface area contributed by atoms with Crippen molar-refractivity contribution in [1.82, 2.24) is 19.8 Å². The predicted octanol–water partition coefficient (Wildman–Crippen LogP) is 1.77. The lowest BCUT2D eigenvalue weighted by Gasteiger charge is -2.35. The number of benzene rings is 1. The topological polar surface area (TPSA) is 148 Å². The first-order valence-electron chi connectivity index (χ1n) is 10.4. The van der Waals surface area contributed by atoms with Crippen LogP contribution in [-0.2, 0) is 21.1 Å². The molecule has 1 saturated heterocycles. The van der Waals surface area contributed by atoms with Crippen molar-refractivity contribution in [1.29, 1.82) is 0 Å². The van der Waals surface area contributed by atoms with Gasteiger partial charge in [0.2, 0.25) is 11.4 Å². The van der Waals surface area contributed by atoms with Gasteiger partial charge in [-0.2, -0.15) is 4.98 Å². The quantitative estimate of drug-likeness (QED) is 0.554. The van der Waals surface area contributed by atoms with Gasteiger partial charge in [0.1, 0.15) is 17.0 Å². The third kappa shape index (κ3) is 5.39. The highest BCUT2D eigenvalue weighted by molar-refractivity contribution is 8.00. The fourth-order valence-corrected chi connectivity index (χ4v) is 6.06. The van der Waals surface area contributed by atoms with Crippen molar-refractivity contribution in [3.8, 4) is 5.88 Å². The van der Waals surface area contributed by atoms with Gasteiger partial charge in [0, 0.05) is 44.0 Å². The fraction of sp³-hybridized carbons (Fsp3) is 0.400. The SMILES string of the molecule is COc1ncnc2c1N(C(N)=O)C(OC(=O)N1CCN(Cc3ccc(Cl)cc3S(C)(=O)=O)CC1)S2. The van der Waals surface area contributed by atoms with Gasteiger partial charge in [-0.15, -0.1) is 0 Å². The Balaban J connectivity index is 1.39. The number of nitrogens with zero attached hydrogens (tertiary/aromatic N) is 5. The van der Waals surface area contributed by atoms with Crippen LogP contribution in [0.15, 0.2) is 34.4 Å². The van der Waals surface area contributed by atoms with E-state index in [9.17, 15) is 18.0 Å². The van der Waals surface area contributed by atoms with E-state index in [1.54, 1.807) is 12.1 Å². The van der Waals surface area contributed by atoms with Gasteiger partial charge < -0.3 is 20.1 Å². The van der Waals surface area contributed by atoms with Crippen LogP contribution in [0.3, 0.4) is 0 Å². The largest absolute Gasteiger partial charge is 0.479 e. The summed E-state index contributed by atoms with van der Waals surface area (Å²) in [5, 5.41) is 0.755. The maximum atomic E-state index is 12.8. The molecular formula is C20H23ClN6O6S2. The molecule has 4 rings (SSSR count). The molecule has 1 aromatic heterocycles. The molecule has 2 N–H and O–H groups in total. The third-order valence-electron chi connectivity index (χ3n) is 5.50. The number of methoxy groups -OCH3 is 1. The Hall–Kier alpha value is -2.81. The van der Waals surface area contributed by atoms with Crippen molar-refractivity contribution in [2.45, 2.75) is 22.0 Å². The summed E-state index contributed by atoms with van der Waals surface area (Å²) < 4.78 is 35.1. The van der Waals surface area contributed by atoms with Crippen molar-refractivity contribution in [3.05, 3.63) is 35.1 Å². The minimum absolute atomic E-state index is 0.143. The number of hydrogen-bond acceptors (Lipinski definition) is 10. The summed E-state index contributed by atoms with van der Waals surface area (Å²) in [4.78, 5) is 37.9. The highest BCUT2D eigenvalue weighted by atomic mass is 35.5. The molecule has 3 heterocycles. The van der Waals surface area contributed by atoms with Gasteiger partial charge in [-0.25, -0.2) is 27.9 Å². The van der Waals surface area contributed by atoms with Crippen LogP contribution in [0.25, 0.3) is 0 Å². The molecule has 12 nitrogen and oxygen atoms in total. The van der Waals surface area contributed by atoms with Gasteiger partial charge in [-0.05, 0) is 29.5 Å². The van der Waals surface area contributed by atoms with Gasteiger partial charge in [0.15, 0.2) is 9.84 Å². The Labute approximate surface area is 211 Å². The van der Waals surface area contributed by atoms with Crippen LogP contribution >= 0.6 is 23.4 Å². The number of carbonyl (C=O) groups is 2. The molecule has 2 aliphatic rings. The standard InChI is InChI=1S/C20H23ClN6O6S2/c1-32-16-15-17(24-11-23-16)34-20(27(15)18(22)28)33-19(29)26-7-5-25(6-8-26)10-12-3-4-13(21)9-14(12)35(2,30)31/h3-4,9,11,20H,5-8,10H2,1-2H3,(H2,22,28). The van der Waals surface area contributed by atoms with Crippen LogP contribution in [0.4, 0.5) is 15.3 Å². The number of halogens is 1. The molecule has 0 aliphatic carbocycles. The van der Waals surface area contributed by atoms with Gasteiger partial charge in [-0.1, -0.05) is 17.7 Å². The molecule has 2 aromatic rings. The molecule has 15 heteroatoms. The number of primary amides is 1. The predicted molar refractivity (Wildman–Crippen MR) is 128 cm³/mol. The number of urea groups is 1. The molecule has 3 amide bonds. The van der Waals surface area contributed by atoms with E-state index < -0.39 is 27.5 Å². The summed E-state index contributed by atoms with van der Waals surface area (Å²) in [6, 6.07) is 3.96. The van der Waals surface area contributed by atoms with E-state index in [2.05, 4.69) is 9.97 Å². The van der Waals surface area contributed by atoms with E-state index in [1.165, 1.54) is 24.4 Å². The zero-order valence-electron chi connectivity index (χ0n) is 18.9. The lowest BCUT2D eigenvalue weighted by molar-refractivity contribution is 0.0688. The number of piperazine rings is 1. The number of carbonyl (C=O) groups excluding carboxylic acids is 2. The maximum Gasteiger partial charge on any atom is 0.412 e. The Morgan fingerprint density at radius 2 is 1.94 bits per heavy atom. The molecular weight excluding hydrogens is 520 g/mol. The number of amides is 3. The minimum Gasteiger partial charge on any atom is -0.479 e. The minimum atomic E-state index is -3.44. The zero-order chi connectivity index (χ0) is 25.3. The Kier molecular flexibility index (Phi) is 7.26. The molecule has 1 atom stereocenters. The Morgan fingerprint density at radius 1 is 1.23 bits per heavy atom. The number of sulfone groups is 1. The van der Waals surface area contributed by atoms with Gasteiger partial charge in [0.05, 0.1) is 12.0 Å². The molecule has 188 valence electrons. The van der Waals surface area contributed by atoms with E-state index in [0.29, 0.717) is 48.3 Å². The van der Waals surface area contributed by atoms with Crippen LogP contribution < -0.4 is 15.4 Å². The van der Waals surface area contributed by atoms with Crippen molar-refractivity contribution >= 4 is 51.0 Å². The second-order valence-corrected chi connectivity index (χ2v) is 11.3. The monoisotopic (exact) mass is 542 g/mol. The summed E-state index contributed by atoms with van der Waals surface area (Å²) in [6.45, 7) is 2.09. The van der Waals surface area contributed by atoms with Gasteiger partial charge in [0.25, 0.3) is 0 Å². The molecule has 0 spiro atoms. The fourth-order valence-electron chi connectivity index (χ4n) is 3.83. The first-order chi connectivity index (χ1) is 16.6. The zero-order valence-corrected chi connectivity index (χ0v) is 21.3. The van der Waals surface area contributed by atoms with Crippen LogP contribution in [0.2, 0.25) is 5.02 Å². The number of anilines is 1. The number of nitrogens with two attached hydrogens (primary N) is 1. The number of fused-ring (bicyclic) bond motifs is 1. The van der Waals surface area contributed by atoms with Crippen molar-refractivity contribution in [3.63, 3.8) is 0 Å². The van der Waals surface area contributed by atoms with E-state index >= 15 is 0 Å². The highest BCUT2D eigenvalue weighted by Gasteiger charge is 2.41. The lowest BCUT2D eigenvalue weighted by Crippen LogP contribution is -2.50. The number of ether oxygens (including phenoxy) is 2. The Bertz CT molecular complexity index is 1250. The van der Waals surface area contributed by atoms with E-state index in [0.717, 1.165) is 22.9 Å². The first kappa shape index (κ1) is 25.3. The molecule has 1 unspecified atom stereocenters. The molecule has 0 saturated carbocycles. The second-order valence-electron chi connectivity index (χ2n) is 7.84. The van der Waals surface area contributed by atoms with Crippen LogP contribution in [0.1, 0.15) is 5.56 Å².